The van der Waals surface area contributed by atoms with Crippen molar-refractivity contribution in [2.45, 2.75) is 26.2 Å². The summed E-state index contributed by atoms with van der Waals surface area (Å²) < 4.78 is 0. The molecule has 0 heteroatoms. The summed E-state index contributed by atoms with van der Waals surface area (Å²) in [5.74, 6) is 0. The van der Waals surface area contributed by atoms with Gasteiger partial charge in [0.2, 0.25) is 0 Å². The Morgan fingerprint density at radius 3 is 2.73 bits per heavy atom. The first kappa shape index (κ1) is 10.0. The van der Waals surface area contributed by atoms with Crippen molar-refractivity contribution in [3.05, 3.63) is 42.7 Å². The Kier molecular flexibility index (Phi) is 8.18. The molecule has 0 aromatic heterocycles. The van der Waals surface area contributed by atoms with E-state index in [0.29, 0.717) is 0 Å². The average Bonchev–Trinajstić information content (AvgIpc) is 2.03. The molecule has 0 amide bonds. The molecule has 0 radical (unpaired) electrons. The van der Waals surface area contributed by atoms with Gasteiger partial charge < -0.3 is 0 Å². The zero-order valence-corrected chi connectivity index (χ0v) is 7.22. The Hall–Kier alpha value is -1.00. The molecule has 0 nitrogen and oxygen atoms in total. The first-order valence-corrected chi connectivity index (χ1v) is 4.04. The number of allylic oxidation sites excluding steroid dienone is 5. The second kappa shape index (κ2) is 9.00. The lowest BCUT2D eigenvalue weighted by molar-refractivity contribution is 0.869. The van der Waals surface area contributed by atoms with Gasteiger partial charge in [0.25, 0.3) is 0 Å². The standard InChI is InChI=1S/C11H16/c1-3-5-7-9-11-10-8-6-4-2/h4-6,8,10H,1,7,9,11H2,2H3. The molecule has 0 saturated heterocycles. The summed E-state index contributed by atoms with van der Waals surface area (Å²) in [6.45, 7) is 5.52. The van der Waals surface area contributed by atoms with Crippen molar-refractivity contribution in [1.82, 2.24) is 0 Å². The van der Waals surface area contributed by atoms with E-state index in [1.54, 1.807) is 0 Å². The van der Waals surface area contributed by atoms with E-state index in [2.05, 4.69) is 24.5 Å². The van der Waals surface area contributed by atoms with Crippen molar-refractivity contribution >= 4 is 0 Å². The van der Waals surface area contributed by atoms with Crippen LogP contribution in [0.3, 0.4) is 0 Å². The van der Waals surface area contributed by atoms with E-state index in [1.807, 2.05) is 25.2 Å². The van der Waals surface area contributed by atoms with Crippen LogP contribution in [0.15, 0.2) is 42.7 Å². The number of rotatable bonds is 5. The maximum absolute atomic E-state index is 3.50. The molecular formula is C11H16. The lowest BCUT2D eigenvalue weighted by Crippen LogP contribution is -1.66. The molecule has 60 valence electrons. The van der Waals surface area contributed by atoms with Crippen LogP contribution in [0.4, 0.5) is 0 Å². The molecule has 11 heavy (non-hydrogen) atoms. The summed E-state index contributed by atoms with van der Waals surface area (Å²) in [5.41, 5.74) is 2.76. The molecule has 0 spiro atoms. The highest BCUT2D eigenvalue weighted by Gasteiger charge is 1.77. The van der Waals surface area contributed by atoms with Crippen LogP contribution in [0.25, 0.3) is 0 Å². The van der Waals surface area contributed by atoms with Crippen LogP contribution in [-0.4, -0.2) is 0 Å². The van der Waals surface area contributed by atoms with Crippen molar-refractivity contribution in [1.29, 1.82) is 0 Å². The lowest BCUT2D eigenvalue weighted by Gasteiger charge is -1.86. The Morgan fingerprint density at radius 2 is 2.09 bits per heavy atom. The third-order valence-electron chi connectivity index (χ3n) is 1.30. The maximum Gasteiger partial charge on any atom is -0.0272 e. The van der Waals surface area contributed by atoms with E-state index in [1.165, 1.54) is 6.42 Å². The molecule has 0 rings (SSSR count). The topological polar surface area (TPSA) is 0 Å². The maximum atomic E-state index is 3.50. The minimum atomic E-state index is 1.09. The fourth-order valence-electron chi connectivity index (χ4n) is 0.726. The quantitative estimate of drug-likeness (QED) is 0.317. The summed E-state index contributed by atoms with van der Waals surface area (Å²) in [5, 5.41) is 0. The second-order valence-electron chi connectivity index (χ2n) is 2.29. The van der Waals surface area contributed by atoms with Crippen molar-refractivity contribution in [2.24, 2.45) is 0 Å². The smallest absolute Gasteiger partial charge is 0.0272 e. The molecule has 0 aliphatic heterocycles. The number of hydrogen-bond acceptors (Lipinski definition) is 0. The second-order valence-corrected chi connectivity index (χ2v) is 2.29. The van der Waals surface area contributed by atoms with Crippen LogP contribution in [0.2, 0.25) is 0 Å². The molecule has 0 atom stereocenters. The molecular weight excluding hydrogens is 132 g/mol. The van der Waals surface area contributed by atoms with Gasteiger partial charge in [-0.2, -0.15) is 0 Å². The highest BCUT2D eigenvalue weighted by molar-refractivity contribution is 5.00. The van der Waals surface area contributed by atoms with Gasteiger partial charge in [0, 0.05) is 0 Å². The summed E-state index contributed by atoms with van der Waals surface area (Å²) in [7, 11) is 0. The van der Waals surface area contributed by atoms with Gasteiger partial charge in [-0.1, -0.05) is 30.9 Å². The van der Waals surface area contributed by atoms with Gasteiger partial charge in [0.1, 0.15) is 0 Å². The van der Waals surface area contributed by atoms with Gasteiger partial charge in [0.05, 0.1) is 0 Å². The van der Waals surface area contributed by atoms with E-state index in [0.717, 1.165) is 12.8 Å². The molecule has 0 saturated carbocycles. The van der Waals surface area contributed by atoms with E-state index < -0.39 is 0 Å². The zero-order valence-electron chi connectivity index (χ0n) is 7.22. The molecule has 0 aliphatic rings. The lowest BCUT2D eigenvalue weighted by atomic mass is 10.2. The molecule has 0 aromatic rings. The normalized spacial score (nSPS) is 10.6. The van der Waals surface area contributed by atoms with E-state index in [-0.39, 0.29) is 0 Å². The van der Waals surface area contributed by atoms with Crippen LogP contribution in [-0.2, 0) is 0 Å². The molecule has 0 heterocycles. The van der Waals surface area contributed by atoms with Crippen LogP contribution >= 0.6 is 0 Å². The summed E-state index contributed by atoms with van der Waals surface area (Å²) in [4.78, 5) is 0. The van der Waals surface area contributed by atoms with Crippen LogP contribution in [0.5, 0.6) is 0 Å². The van der Waals surface area contributed by atoms with Gasteiger partial charge in [-0.3, -0.25) is 0 Å². The predicted molar refractivity (Wildman–Crippen MR) is 51.5 cm³/mol. The van der Waals surface area contributed by atoms with Crippen LogP contribution in [0.1, 0.15) is 26.2 Å². The number of hydrogen-bond donors (Lipinski definition) is 0. The highest BCUT2D eigenvalue weighted by atomic mass is 13.8. The molecule has 0 bridgehead atoms. The van der Waals surface area contributed by atoms with Crippen molar-refractivity contribution in [3.8, 4) is 0 Å². The predicted octanol–water partition coefficient (Wildman–Crippen LogP) is 3.63. The monoisotopic (exact) mass is 148 g/mol. The number of unbranched alkanes of at least 4 members (excludes halogenated alkanes) is 2. The van der Waals surface area contributed by atoms with Crippen molar-refractivity contribution in [3.63, 3.8) is 0 Å². The minimum Gasteiger partial charge on any atom is -0.133 e. The third-order valence-corrected chi connectivity index (χ3v) is 1.30. The molecule has 0 fully saturated rings. The van der Waals surface area contributed by atoms with Crippen LogP contribution in [0, 0.1) is 0 Å². The molecule has 0 aromatic carbocycles. The third kappa shape index (κ3) is 9.00. The van der Waals surface area contributed by atoms with Crippen LogP contribution < -0.4 is 0 Å². The fourth-order valence-corrected chi connectivity index (χ4v) is 0.726. The Labute approximate surface area is 69.6 Å². The van der Waals surface area contributed by atoms with Crippen molar-refractivity contribution in [2.75, 3.05) is 0 Å². The summed E-state index contributed by atoms with van der Waals surface area (Å²) in [6.07, 6.45) is 13.7. The largest absolute Gasteiger partial charge is 0.133 e. The van der Waals surface area contributed by atoms with E-state index in [9.17, 15) is 0 Å². The Balaban J connectivity index is 3.20. The van der Waals surface area contributed by atoms with Gasteiger partial charge in [-0.05, 0) is 32.3 Å². The highest BCUT2D eigenvalue weighted by Crippen LogP contribution is 1.96. The first-order valence-electron chi connectivity index (χ1n) is 4.04. The summed E-state index contributed by atoms with van der Waals surface area (Å²) >= 11 is 0. The molecule has 0 N–H and O–H groups in total. The van der Waals surface area contributed by atoms with Gasteiger partial charge in [-0.25, -0.2) is 0 Å². The van der Waals surface area contributed by atoms with Gasteiger partial charge in [-0.15, -0.1) is 5.73 Å². The van der Waals surface area contributed by atoms with Crippen molar-refractivity contribution < 1.29 is 0 Å². The fraction of sp³-hybridized carbons (Fsp3) is 0.364. The first-order chi connectivity index (χ1) is 5.41. The zero-order chi connectivity index (χ0) is 8.36. The summed E-state index contributed by atoms with van der Waals surface area (Å²) in [6, 6.07) is 0. The molecule has 0 aliphatic carbocycles. The average molecular weight is 148 g/mol. The SMILES string of the molecule is C=C=CCCCC=CC=CC. The van der Waals surface area contributed by atoms with E-state index >= 15 is 0 Å². The van der Waals surface area contributed by atoms with Gasteiger partial charge in [0.15, 0.2) is 0 Å². The Morgan fingerprint density at radius 1 is 1.27 bits per heavy atom. The molecule has 0 unspecified atom stereocenters. The Bertz CT molecular complexity index is 166. The minimum absolute atomic E-state index is 1.09. The van der Waals surface area contributed by atoms with E-state index in [4.69, 9.17) is 0 Å². The van der Waals surface area contributed by atoms with Gasteiger partial charge >= 0.3 is 0 Å².